The highest BCUT2D eigenvalue weighted by Crippen LogP contribution is 2.23. The summed E-state index contributed by atoms with van der Waals surface area (Å²) in [5.74, 6) is 0.860. The van der Waals surface area contributed by atoms with E-state index in [0.29, 0.717) is 11.6 Å². The van der Waals surface area contributed by atoms with Crippen molar-refractivity contribution in [1.82, 2.24) is 4.98 Å². The van der Waals surface area contributed by atoms with Gasteiger partial charge in [-0.05, 0) is 35.2 Å². The van der Waals surface area contributed by atoms with Gasteiger partial charge in [-0.2, -0.15) is 0 Å². The highest BCUT2D eigenvalue weighted by atomic mass is 32.1. The summed E-state index contributed by atoms with van der Waals surface area (Å²) in [7, 11) is 1.61. The predicted molar refractivity (Wildman–Crippen MR) is 91.6 cm³/mol. The first-order chi connectivity index (χ1) is 11.7. The number of ether oxygens (including phenoxy) is 2. The van der Waals surface area contributed by atoms with Crippen molar-refractivity contribution in [3.8, 4) is 16.5 Å². The highest BCUT2D eigenvalue weighted by Gasteiger charge is 2.08. The Morgan fingerprint density at radius 1 is 1.29 bits per heavy atom. The van der Waals surface area contributed by atoms with Crippen LogP contribution in [-0.4, -0.2) is 18.1 Å². The zero-order chi connectivity index (χ0) is 16.8. The summed E-state index contributed by atoms with van der Waals surface area (Å²) in [6.07, 6.45) is 4.55. The van der Waals surface area contributed by atoms with Gasteiger partial charge in [0, 0.05) is 6.08 Å². The molecule has 0 atom stereocenters. The van der Waals surface area contributed by atoms with Gasteiger partial charge in [-0.15, -0.1) is 11.3 Å². The minimum atomic E-state index is -0.438. The van der Waals surface area contributed by atoms with E-state index in [1.54, 1.807) is 13.2 Å². The second kappa shape index (κ2) is 7.61. The number of hydrogen-bond donors (Lipinski definition) is 0. The number of oxazole rings is 1. The number of thiophene rings is 1. The number of hydrogen-bond acceptors (Lipinski definition) is 6. The fourth-order valence-electron chi connectivity index (χ4n) is 1.96. The van der Waals surface area contributed by atoms with Crippen molar-refractivity contribution in [3.63, 3.8) is 0 Å². The minimum absolute atomic E-state index is 0.0701. The molecule has 0 aliphatic heterocycles. The molecule has 0 radical (unpaired) electrons. The van der Waals surface area contributed by atoms with Gasteiger partial charge in [0.15, 0.2) is 0 Å². The summed E-state index contributed by atoms with van der Waals surface area (Å²) in [5.41, 5.74) is 1.46. The molecule has 3 rings (SSSR count). The van der Waals surface area contributed by atoms with Crippen LogP contribution < -0.4 is 4.74 Å². The van der Waals surface area contributed by atoms with Gasteiger partial charge in [-0.25, -0.2) is 9.78 Å². The average molecular weight is 341 g/mol. The van der Waals surface area contributed by atoms with E-state index in [2.05, 4.69) is 4.98 Å². The van der Waals surface area contributed by atoms with Crippen LogP contribution in [-0.2, 0) is 16.1 Å². The summed E-state index contributed by atoms with van der Waals surface area (Å²) >= 11 is 1.54. The topological polar surface area (TPSA) is 61.6 Å². The maximum absolute atomic E-state index is 11.8. The molecule has 122 valence electrons. The van der Waals surface area contributed by atoms with Crippen LogP contribution >= 0.6 is 11.3 Å². The molecule has 0 aliphatic rings. The van der Waals surface area contributed by atoms with E-state index in [1.165, 1.54) is 23.7 Å². The molecule has 0 N–H and O–H groups in total. The molecule has 0 saturated carbocycles. The van der Waals surface area contributed by atoms with Crippen molar-refractivity contribution in [2.45, 2.75) is 6.61 Å². The van der Waals surface area contributed by atoms with Gasteiger partial charge < -0.3 is 13.9 Å². The van der Waals surface area contributed by atoms with Crippen LogP contribution in [0.15, 0.2) is 58.5 Å². The second-order valence-electron chi connectivity index (χ2n) is 4.84. The van der Waals surface area contributed by atoms with Gasteiger partial charge in [0.2, 0.25) is 5.89 Å². The zero-order valence-corrected chi connectivity index (χ0v) is 13.8. The summed E-state index contributed by atoms with van der Waals surface area (Å²) in [6, 6.07) is 11.2. The van der Waals surface area contributed by atoms with Gasteiger partial charge in [-0.3, -0.25) is 0 Å². The SMILES string of the molecule is COc1ccc(/C=C/C(=O)OCc2coc(-c3cccs3)n2)cc1. The first-order valence-corrected chi connectivity index (χ1v) is 8.10. The van der Waals surface area contributed by atoms with Crippen LogP contribution in [0.4, 0.5) is 0 Å². The van der Waals surface area contributed by atoms with Gasteiger partial charge in [0.25, 0.3) is 0 Å². The van der Waals surface area contributed by atoms with Crippen LogP contribution in [0.3, 0.4) is 0 Å². The largest absolute Gasteiger partial charge is 0.497 e. The number of nitrogens with zero attached hydrogens (tertiary/aromatic N) is 1. The van der Waals surface area contributed by atoms with Crippen LogP contribution in [0.1, 0.15) is 11.3 Å². The Bertz CT molecular complexity index is 819. The van der Waals surface area contributed by atoms with Crippen molar-refractivity contribution >= 4 is 23.4 Å². The van der Waals surface area contributed by atoms with E-state index >= 15 is 0 Å². The van der Waals surface area contributed by atoms with Gasteiger partial charge >= 0.3 is 5.97 Å². The summed E-state index contributed by atoms with van der Waals surface area (Å²) in [6.45, 7) is 0.0701. The van der Waals surface area contributed by atoms with Crippen molar-refractivity contribution in [3.05, 3.63) is 65.4 Å². The van der Waals surface area contributed by atoms with Crippen LogP contribution in [0.5, 0.6) is 5.75 Å². The summed E-state index contributed by atoms with van der Waals surface area (Å²) in [5, 5.41) is 1.95. The van der Waals surface area contributed by atoms with Crippen LogP contribution in [0.2, 0.25) is 0 Å². The number of methoxy groups -OCH3 is 1. The molecule has 5 nitrogen and oxygen atoms in total. The van der Waals surface area contributed by atoms with Crippen molar-refractivity contribution < 1.29 is 18.7 Å². The molecule has 6 heteroatoms. The standard InChI is InChI=1S/C18H15NO4S/c1-21-15-7-4-13(5-8-15)6-9-17(20)22-11-14-12-23-18(19-14)16-3-2-10-24-16/h2-10,12H,11H2,1H3/b9-6+. The Hall–Kier alpha value is -2.86. The Morgan fingerprint density at radius 3 is 2.83 bits per heavy atom. The minimum Gasteiger partial charge on any atom is -0.497 e. The van der Waals surface area contributed by atoms with E-state index < -0.39 is 5.97 Å². The van der Waals surface area contributed by atoms with E-state index in [1.807, 2.05) is 41.8 Å². The van der Waals surface area contributed by atoms with Crippen molar-refractivity contribution in [1.29, 1.82) is 0 Å². The molecular formula is C18H15NO4S. The van der Waals surface area contributed by atoms with Crippen LogP contribution in [0.25, 0.3) is 16.8 Å². The number of aromatic nitrogens is 1. The number of benzene rings is 1. The van der Waals surface area contributed by atoms with E-state index in [4.69, 9.17) is 13.9 Å². The molecule has 2 aromatic heterocycles. The third-order valence-corrected chi connectivity index (χ3v) is 4.03. The Labute approximate surface area is 143 Å². The molecule has 2 heterocycles. The fraction of sp³-hybridized carbons (Fsp3) is 0.111. The zero-order valence-electron chi connectivity index (χ0n) is 13.0. The lowest BCUT2D eigenvalue weighted by atomic mass is 10.2. The van der Waals surface area contributed by atoms with E-state index in [9.17, 15) is 4.79 Å². The molecule has 0 saturated heterocycles. The van der Waals surface area contributed by atoms with Crippen LogP contribution in [0, 0.1) is 0 Å². The molecular weight excluding hydrogens is 326 g/mol. The maximum atomic E-state index is 11.8. The van der Waals surface area contributed by atoms with E-state index in [0.717, 1.165) is 16.2 Å². The van der Waals surface area contributed by atoms with Gasteiger partial charge in [0.05, 0.1) is 12.0 Å². The normalized spacial score (nSPS) is 10.9. The molecule has 0 fully saturated rings. The first kappa shape index (κ1) is 16.0. The average Bonchev–Trinajstić information content (AvgIpc) is 3.29. The lowest BCUT2D eigenvalue weighted by molar-refractivity contribution is -0.139. The second-order valence-corrected chi connectivity index (χ2v) is 5.78. The van der Waals surface area contributed by atoms with Gasteiger partial charge in [-0.1, -0.05) is 18.2 Å². The van der Waals surface area contributed by atoms with Gasteiger partial charge in [0.1, 0.15) is 24.3 Å². The van der Waals surface area contributed by atoms with E-state index in [-0.39, 0.29) is 6.61 Å². The number of carbonyl (C=O) groups is 1. The Balaban J connectivity index is 1.52. The van der Waals surface area contributed by atoms with Crippen molar-refractivity contribution in [2.75, 3.05) is 7.11 Å². The lowest BCUT2D eigenvalue weighted by Gasteiger charge is -2.00. The number of esters is 1. The Morgan fingerprint density at radius 2 is 2.12 bits per heavy atom. The molecule has 0 spiro atoms. The predicted octanol–water partition coefficient (Wildman–Crippen LogP) is 4.17. The monoisotopic (exact) mass is 341 g/mol. The molecule has 0 aliphatic carbocycles. The molecule has 3 aromatic rings. The lowest BCUT2D eigenvalue weighted by Crippen LogP contribution is -2.00. The first-order valence-electron chi connectivity index (χ1n) is 7.22. The Kier molecular flexibility index (Phi) is 5.08. The fourth-order valence-corrected chi connectivity index (χ4v) is 2.61. The highest BCUT2D eigenvalue weighted by molar-refractivity contribution is 7.13. The quantitative estimate of drug-likeness (QED) is 0.497. The molecule has 0 unspecified atom stereocenters. The third kappa shape index (κ3) is 4.11. The third-order valence-electron chi connectivity index (χ3n) is 3.17. The molecule has 24 heavy (non-hydrogen) atoms. The molecule has 1 aromatic carbocycles. The summed E-state index contributed by atoms with van der Waals surface area (Å²) in [4.78, 5) is 17.0. The smallest absolute Gasteiger partial charge is 0.331 e. The molecule has 0 bridgehead atoms. The number of carbonyl (C=O) groups excluding carboxylic acids is 1. The summed E-state index contributed by atoms with van der Waals surface area (Å²) < 4.78 is 15.6. The maximum Gasteiger partial charge on any atom is 0.331 e. The van der Waals surface area contributed by atoms with Crippen molar-refractivity contribution in [2.24, 2.45) is 0 Å². The molecule has 0 amide bonds. The number of rotatable bonds is 6.